The Bertz CT molecular complexity index is 1230. The SMILES string of the molecule is CCc1ccc([C@@H](C)NC(=O)CN(c2ccc(Cl)c(Cl)c2)S(=O)(=O)c2ccc(C)cc2)cc1. The van der Waals surface area contributed by atoms with E-state index in [0.29, 0.717) is 5.02 Å². The molecule has 0 heterocycles. The molecular weight excluding hydrogens is 479 g/mol. The van der Waals surface area contributed by atoms with Crippen molar-refractivity contribution in [1.29, 1.82) is 0 Å². The van der Waals surface area contributed by atoms with Crippen molar-refractivity contribution in [1.82, 2.24) is 5.32 Å². The van der Waals surface area contributed by atoms with Gasteiger partial charge in [-0.1, -0.05) is 72.1 Å². The molecule has 1 amide bonds. The molecule has 0 aliphatic heterocycles. The van der Waals surface area contributed by atoms with E-state index in [1.165, 1.54) is 35.9 Å². The van der Waals surface area contributed by atoms with Crippen LogP contribution >= 0.6 is 23.2 Å². The number of carbonyl (C=O) groups excluding carboxylic acids is 1. The lowest BCUT2D eigenvalue weighted by Crippen LogP contribution is -2.41. The van der Waals surface area contributed by atoms with Crippen molar-refractivity contribution >= 4 is 44.8 Å². The van der Waals surface area contributed by atoms with Gasteiger partial charge in [0.2, 0.25) is 5.91 Å². The first kappa shape index (κ1) is 25.1. The molecule has 0 spiro atoms. The number of nitrogens with one attached hydrogen (secondary N) is 1. The maximum atomic E-state index is 13.5. The van der Waals surface area contributed by atoms with Crippen LogP contribution in [0.15, 0.2) is 71.6 Å². The van der Waals surface area contributed by atoms with Crippen LogP contribution in [0.5, 0.6) is 0 Å². The molecule has 8 heteroatoms. The van der Waals surface area contributed by atoms with Gasteiger partial charge in [0.05, 0.1) is 26.7 Å². The highest BCUT2D eigenvalue weighted by atomic mass is 35.5. The number of rotatable bonds is 8. The minimum Gasteiger partial charge on any atom is -0.348 e. The van der Waals surface area contributed by atoms with E-state index >= 15 is 0 Å². The molecule has 0 unspecified atom stereocenters. The summed E-state index contributed by atoms with van der Waals surface area (Å²) in [5.74, 6) is -0.441. The molecule has 0 saturated heterocycles. The van der Waals surface area contributed by atoms with Crippen LogP contribution in [-0.4, -0.2) is 20.9 Å². The van der Waals surface area contributed by atoms with Crippen molar-refractivity contribution in [2.24, 2.45) is 0 Å². The van der Waals surface area contributed by atoms with Crippen molar-refractivity contribution < 1.29 is 13.2 Å². The summed E-state index contributed by atoms with van der Waals surface area (Å²) in [6, 6.07) is 18.6. The van der Waals surface area contributed by atoms with Crippen LogP contribution < -0.4 is 9.62 Å². The average molecular weight is 505 g/mol. The third kappa shape index (κ3) is 6.08. The number of hydrogen-bond donors (Lipinski definition) is 1. The second kappa shape index (κ2) is 10.6. The number of hydrogen-bond acceptors (Lipinski definition) is 3. The van der Waals surface area contributed by atoms with Gasteiger partial charge in [-0.25, -0.2) is 8.42 Å². The Morgan fingerprint density at radius 3 is 2.18 bits per heavy atom. The average Bonchev–Trinajstić information content (AvgIpc) is 2.79. The summed E-state index contributed by atoms with van der Waals surface area (Å²) in [4.78, 5) is 13.0. The summed E-state index contributed by atoms with van der Waals surface area (Å²) in [6.07, 6.45) is 0.927. The highest BCUT2D eigenvalue weighted by molar-refractivity contribution is 7.92. The van der Waals surface area contributed by atoms with Crippen LogP contribution in [0.4, 0.5) is 5.69 Å². The van der Waals surface area contributed by atoms with Gasteiger partial charge in [-0.3, -0.25) is 9.10 Å². The van der Waals surface area contributed by atoms with Gasteiger partial charge in [0, 0.05) is 0 Å². The number of amides is 1. The van der Waals surface area contributed by atoms with Crippen molar-refractivity contribution in [3.63, 3.8) is 0 Å². The first-order valence-corrected chi connectivity index (χ1v) is 12.7. The van der Waals surface area contributed by atoms with E-state index in [9.17, 15) is 13.2 Å². The Labute approximate surface area is 205 Å². The lowest BCUT2D eigenvalue weighted by atomic mass is 10.1. The Kier molecular flexibility index (Phi) is 8.05. The van der Waals surface area contributed by atoms with Gasteiger partial charge < -0.3 is 5.32 Å². The Hall–Kier alpha value is -2.54. The van der Waals surface area contributed by atoms with E-state index in [4.69, 9.17) is 23.2 Å². The second-order valence-corrected chi connectivity index (χ2v) is 10.5. The Morgan fingerprint density at radius 2 is 1.61 bits per heavy atom. The van der Waals surface area contributed by atoms with Crippen molar-refractivity contribution in [2.75, 3.05) is 10.8 Å². The van der Waals surface area contributed by atoms with E-state index in [1.54, 1.807) is 12.1 Å². The zero-order chi connectivity index (χ0) is 24.2. The van der Waals surface area contributed by atoms with Crippen LogP contribution in [0.3, 0.4) is 0 Å². The third-order valence-corrected chi connectivity index (χ3v) is 7.88. The standard InChI is InChI=1S/C25H26Cl2N2O3S/c1-4-19-7-9-20(10-8-19)18(3)28-25(30)16-29(21-11-14-23(26)24(27)15-21)33(31,32)22-12-5-17(2)6-13-22/h5-15,18H,4,16H2,1-3H3,(H,28,30)/t18-/m1/s1. The molecule has 0 aromatic heterocycles. The molecule has 0 fully saturated rings. The molecule has 0 aliphatic carbocycles. The van der Waals surface area contributed by atoms with E-state index in [-0.39, 0.29) is 21.6 Å². The Balaban J connectivity index is 1.89. The molecular formula is C25H26Cl2N2O3S. The van der Waals surface area contributed by atoms with E-state index in [1.807, 2.05) is 38.1 Å². The molecule has 5 nitrogen and oxygen atoms in total. The largest absolute Gasteiger partial charge is 0.348 e. The molecule has 3 rings (SSSR count). The highest BCUT2D eigenvalue weighted by Crippen LogP contribution is 2.30. The lowest BCUT2D eigenvalue weighted by Gasteiger charge is -2.25. The summed E-state index contributed by atoms with van der Waals surface area (Å²) >= 11 is 12.2. The maximum Gasteiger partial charge on any atom is 0.264 e. The monoisotopic (exact) mass is 504 g/mol. The molecule has 3 aromatic rings. The smallest absolute Gasteiger partial charge is 0.264 e. The fourth-order valence-corrected chi connectivity index (χ4v) is 5.04. The molecule has 33 heavy (non-hydrogen) atoms. The molecule has 1 atom stereocenters. The maximum absolute atomic E-state index is 13.5. The number of benzene rings is 3. The molecule has 0 bridgehead atoms. The highest BCUT2D eigenvalue weighted by Gasteiger charge is 2.28. The van der Waals surface area contributed by atoms with Gasteiger partial charge in [0.15, 0.2) is 0 Å². The lowest BCUT2D eigenvalue weighted by molar-refractivity contribution is -0.120. The second-order valence-electron chi connectivity index (χ2n) is 7.81. The summed E-state index contributed by atoms with van der Waals surface area (Å²) in [5.41, 5.74) is 3.31. The molecule has 1 N–H and O–H groups in total. The van der Waals surface area contributed by atoms with Crippen LogP contribution in [0.2, 0.25) is 10.0 Å². The summed E-state index contributed by atoms with van der Waals surface area (Å²) in [5, 5.41) is 3.38. The zero-order valence-corrected chi connectivity index (χ0v) is 21.0. The third-order valence-electron chi connectivity index (χ3n) is 5.35. The predicted octanol–water partition coefficient (Wildman–Crippen LogP) is 5.94. The first-order chi connectivity index (χ1) is 15.6. The number of nitrogens with zero attached hydrogens (tertiary/aromatic N) is 1. The molecule has 0 saturated carbocycles. The topological polar surface area (TPSA) is 66.5 Å². The van der Waals surface area contributed by atoms with E-state index < -0.39 is 22.5 Å². The normalized spacial score (nSPS) is 12.3. The van der Waals surface area contributed by atoms with Gasteiger partial charge in [0.1, 0.15) is 6.54 Å². The number of halogens is 2. The van der Waals surface area contributed by atoms with Crippen LogP contribution in [0, 0.1) is 6.92 Å². The summed E-state index contributed by atoms with van der Waals surface area (Å²) < 4.78 is 28.0. The zero-order valence-electron chi connectivity index (χ0n) is 18.7. The quantitative estimate of drug-likeness (QED) is 0.412. The van der Waals surface area contributed by atoms with Crippen LogP contribution in [0.25, 0.3) is 0 Å². The van der Waals surface area contributed by atoms with Crippen molar-refractivity contribution in [3.05, 3.63) is 93.5 Å². The number of sulfonamides is 1. The predicted molar refractivity (Wildman–Crippen MR) is 135 cm³/mol. The fourth-order valence-electron chi connectivity index (χ4n) is 3.34. The minimum absolute atomic E-state index is 0.0789. The van der Waals surface area contributed by atoms with Gasteiger partial charge in [-0.15, -0.1) is 0 Å². The number of aryl methyl sites for hydroxylation is 2. The van der Waals surface area contributed by atoms with Gasteiger partial charge in [-0.2, -0.15) is 0 Å². The van der Waals surface area contributed by atoms with Gasteiger partial charge in [-0.05, 0) is 61.7 Å². The van der Waals surface area contributed by atoms with Crippen LogP contribution in [-0.2, 0) is 21.2 Å². The van der Waals surface area contributed by atoms with Crippen LogP contribution in [0.1, 0.15) is 36.6 Å². The summed E-state index contributed by atoms with van der Waals surface area (Å²) in [6.45, 7) is 5.39. The van der Waals surface area contributed by atoms with Crippen molar-refractivity contribution in [2.45, 2.75) is 38.1 Å². The number of anilines is 1. The van der Waals surface area contributed by atoms with E-state index in [0.717, 1.165) is 21.9 Å². The Morgan fingerprint density at radius 1 is 0.970 bits per heavy atom. The number of carbonyl (C=O) groups is 1. The molecule has 0 radical (unpaired) electrons. The van der Waals surface area contributed by atoms with E-state index in [2.05, 4.69) is 12.2 Å². The molecule has 174 valence electrons. The fraction of sp³-hybridized carbons (Fsp3) is 0.240. The van der Waals surface area contributed by atoms with Crippen molar-refractivity contribution in [3.8, 4) is 0 Å². The summed E-state index contributed by atoms with van der Waals surface area (Å²) in [7, 11) is -4.03. The molecule has 3 aromatic carbocycles. The minimum atomic E-state index is -4.03. The molecule has 0 aliphatic rings. The van der Waals surface area contributed by atoms with Gasteiger partial charge in [0.25, 0.3) is 10.0 Å². The van der Waals surface area contributed by atoms with Gasteiger partial charge >= 0.3 is 0 Å². The first-order valence-electron chi connectivity index (χ1n) is 10.5.